The molecule has 0 spiro atoms. The summed E-state index contributed by atoms with van der Waals surface area (Å²) >= 11 is 1.32. The van der Waals surface area contributed by atoms with E-state index in [0.29, 0.717) is 12.1 Å². The van der Waals surface area contributed by atoms with Crippen molar-refractivity contribution in [1.29, 1.82) is 0 Å². The molecule has 1 aliphatic rings. The monoisotopic (exact) mass is 258 g/mol. The molecule has 3 unspecified atom stereocenters. The van der Waals surface area contributed by atoms with Crippen molar-refractivity contribution in [3.05, 3.63) is 16.2 Å². The molecule has 17 heavy (non-hydrogen) atoms. The minimum atomic E-state index is -0.637. The molecule has 0 aliphatic carbocycles. The first-order chi connectivity index (χ1) is 8.02. The van der Waals surface area contributed by atoms with Gasteiger partial charge in [-0.15, -0.1) is 11.8 Å². The lowest BCUT2D eigenvalue weighted by Gasteiger charge is -2.12. The summed E-state index contributed by atoms with van der Waals surface area (Å²) < 4.78 is 1.22. The highest BCUT2D eigenvalue weighted by Gasteiger charge is 2.35. The molecule has 94 valence electrons. The van der Waals surface area contributed by atoms with Crippen molar-refractivity contribution in [3.63, 3.8) is 0 Å². The minimum absolute atomic E-state index is 0.119. The third-order valence-electron chi connectivity index (χ3n) is 2.70. The molecule has 1 aliphatic heterocycles. The van der Waals surface area contributed by atoms with Crippen LogP contribution in [0.2, 0.25) is 0 Å². The Balaban J connectivity index is 2.30. The highest BCUT2D eigenvalue weighted by atomic mass is 32.2. The van der Waals surface area contributed by atoms with Crippen LogP contribution in [0.3, 0.4) is 0 Å². The van der Waals surface area contributed by atoms with E-state index in [2.05, 4.69) is 10.1 Å². The first-order valence-corrected chi connectivity index (χ1v) is 6.14. The molecule has 0 radical (unpaired) electrons. The van der Waals surface area contributed by atoms with Crippen molar-refractivity contribution in [2.24, 2.45) is 0 Å². The Morgan fingerprint density at radius 2 is 2.35 bits per heavy atom. The Kier molecular flexibility index (Phi) is 3.36. The van der Waals surface area contributed by atoms with Crippen molar-refractivity contribution >= 4 is 17.6 Å². The molecule has 1 aromatic heterocycles. The average Bonchev–Trinajstić information content (AvgIpc) is 2.65. The number of anilines is 1. The third-order valence-corrected chi connectivity index (χ3v) is 4.22. The van der Waals surface area contributed by atoms with Gasteiger partial charge in [0.05, 0.1) is 18.0 Å². The van der Waals surface area contributed by atoms with Gasteiger partial charge in [-0.05, 0) is 6.92 Å². The molecule has 0 amide bonds. The van der Waals surface area contributed by atoms with Crippen molar-refractivity contribution in [1.82, 2.24) is 14.8 Å². The molecule has 1 aromatic rings. The number of rotatable bonds is 2. The third kappa shape index (κ3) is 2.28. The summed E-state index contributed by atoms with van der Waals surface area (Å²) in [4.78, 5) is 15.3. The second-order valence-electron chi connectivity index (χ2n) is 3.92. The molecule has 4 N–H and O–H groups in total. The summed E-state index contributed by atoms with van der Waals surface area (Å²) in [5.74, 6) is 0.119. The van der Waals surface area contributed by atoms with Crippen LogP contribution in [0.15, 0.2) is 4.79 Å². The molecule has 3 atom stereocenters. The Morgan fingerprint density at radius 1 is 1.65 bits per heavy atom. The van der Waals surface area contributed by atoms with Crippen LogP contribution < -0.4 is 11.4 Å². The van der Waals surface area contributed by atoms with E-state index in [0.717, 1.165) is 0 Å². The van der Waals surface area contributed by atoms with Crippen molar-refractivity contribution in [2.75, 3.05) is 12.3 Å². The summed E-state index contributed by atoms with van der Waals surface area (Å²) in [7, 11) is 0. The molecular formula is C9H14N4O3S. The number of hydrogen-bond donors (Lipinski definition) is 3. The lowest BCUT2D eigenvalue weighted by Crippen LogP contribution is -2.29. The molecule has 2 rings (SSSR count). The summed E-state index contributed by atoms with van der Waals surface area (Å²) in [5, 5.41) is 22.2. The maximum atomic E-state index is 11.6. The molecule has 7 nitrogen and oxygen atoms in total. The van der Waals surface area contributed by atoms with Gasteiger partial charge in [0, 0.05) is 6.42 Å². The van der Waals surface area contributed by atoms with Crippen LogP contribution in [0.5, 0.6) is 0 Å². The lowest BCUT2D eigenvalue weighted by atomic mass is 10.2. The van der Waals surface area contributed by atoms with Crippen LogP contribution >= 0.6 is 11.8 Å². The van der Waals surface area contributed by atoms with Crippen molar-refractivity contribution < 1.29 is 10.2 Å². The number of thioether (sulfide) groups is 1. The zero-order valence-electron chi connectivity index (χ0n) is 9.28. The Morgan fingerprint density at radius 3 is 2.94 bits per heavy atom. The van der Waals surface area contributed by atoms with Gasteiger partial charge in [0.2, 0.25) is 0 Å². The summed E-state index contributed by atoms with van der Waals surface area (Å²) in [5.41, 5.74) is 5.43. The Hall–Kier alpha value is -1.12. The number of aliphatic hydroxyl groups excluding tert-OH is 2. The van der Waals surface area contributed by atoms with Gasteiger partial charge in [0.15, 0.2) is 5.82 Å². The highest BCUT2D eigenvalue weighted by Crippen LogP contribution is 2.40. The van der Waals surface area contributed by atoms with E-state index in [4.69, 9.17) is 10.8 Å². The zero-order chi connectivity index (χ0) is 12.6. The van der Waals surface area contributed by atoms with E-state index in [-0.39, 0.29) is 23.0 Å². The molecule has 1 saturated heterocycles. The van der Waals surface area contributed by atoms with Gasteiger partial charge in [-0.1, -0.05) is 0 Å². The van der Waals surface area contributed by atoms with Gasteiger partial charge in [0.25, 0.3) is 0 Å². The number of aliphatic hydroxyl groups is 2. The second kappa shape index (κ2) is 4.63. The van der Waals surface area contributed by atoms with Gasteiger partial charge < -0.3 is 15.9 Å². The number of hydrogen-bond acceptors (Lipinski definition) is 7. The Bertz CT molecular complexity index is 478. The smallest absolute Gasteiger partial charge is 0.367 e. The van der Waals surface area contributed by atoms with E-state index in [1.165, 1.54) is 16.4 Å². The van der Waals surface area contributed by atoms with Crippen LogP contribution in [0, 0.1) is 6.92 Å². The van der Waals surface area contributed by atoms with Crippen LogP contribution in [-0.4, -0.2) is 42.9 Å². The maximum Gasteiger partial charge on any atom is 0.367 e. The molecule has 0 bridgehead atoms. The topological polar surface area (TPSA) is 114 Å². The van der Waals surface area contributed by atoms with E-state index >= 15 is 0 Å². The number of aryl methyl sites for hydroxylation is 1. The van der Waals surface area contributed by atoms with Crippen molar-refractivity contribution in [2.45, 2.75) is 30.1 Å². The molecule has 0 saturated carbocycles. The second-order valence-corrected chi connectivity index (χ2v) is 5.35. The maximum absolute atomic E-state index is 11.6. The van der Waals surface area contributed by atoms with Gasteiger partial charge in [-0.2, -0.15) is 14.8 Å². The van der Waals surface area contributed by atoms with Crippen LogP contribution in [0.1, 0.15) is 17.5 Å². The summed E-state index contributed by atoms with van der Waals surface area (Å²) in [6.07, 6.45) is -0.269. The first-order valence-electron chi connectivity index (χ1n) is 5.20. The van der Waals surface area contributed by atoms with E-state index in [1.54, 1.807) is 6.92 Å². The normalized spacial score (nSPS) is 28.5. The quantitative estimate of drug-likeness (QED) is 0.616. The van der Waals surface area contributed by atoms with E-state index in [9.17, 15) is 9.90 Å². The standard InChI is InChI=1S/C9H14N4O3S/c1-4-8(10)11-9(16)13(12-4)7-2-5(15)6(3-14)17-7/h5-7,14-15H,2-3H2,1H3,(H2,10,11,16). The predicted octanol–water partition coefficient (Wildman–Crippen LogP) is -1.11. The zero-order valence-corrected chi connectivity index (χ0v) is 10.1. The molecule has 8 heteroatoms. The number of aromatic nitrogens is 3. The summed E-state index contributed by atoms with van der Waals surface area (Å²) in [6, 6.07) is 0. The highest BCUT2D eigenvalue weighted by molar-refractivity contribution is 8.00. The lowest BCUT2D eigenvalue weighted by molar-refractivity contribution is 0.136. The average molecular weight is 258 g/mol. The van der Waals surface area contributed by atoms with E-state index in [1.807, 2.05) is 0 Å². The van der Waals surface area contributed by atoms with Gasteiger partial charge in [0.1, 0.15) is 11.1 Å². The van der Waals surface area contributed by atoms with Crippen molar-refractivity contribution in [3.8, 4) is 0 Å². The molecular weight excluding hydrogens is 244 g/mol. The largest absolute Gasteiger partial charge is 0.395 e. The predicted molar refractivity (Wildman–Crippen MR) is 63.6 cm³/mol. The van der Waals surface area contributed by atoms with E-state index < -0.39 is 11.8 Å². The SMILES string of the molecule is Cc1nn(C2CC(O)C(CO)S2)c(=O)nc1N. The molecule has 2 heterocycles. The Labute approximate surface area is 102 Å². The fraction of sp³-hybridized carbons (Fsp3) is 0.667. The van der Waals surface area contributed by atoms with Gasteiger partial charge in [-0.3, -0.25) is 0 Å². The van der Waals surface area contributed by atoms with Crippen LogP contribution in [-0.2, 0) is 0 Å². The van der Waals surface area contributed by atoms with Crippen LogP contribution in [0.4, 0.5) is 5.82 Å². The van der Waals surface area contributed by atoms with Gasteiger partial charge >= 0.3 is 5.69 Å². The van der Waals surface area contributed by atoms with Gasteiger partial charge in [-0.25, -0.2) is 4.79 Å². The minimum Gasteiger partial charge on any atom is -0.395 e. The fourth-order valence-corrected chi connectivity index (χ4v) is 3.05. The van der Waals surface area contributed by atoms with Crippen LogP contribution in [0.25, 0.3) is 0 Å². The number of nitrogen functional groups attached to an aromatic ring is 1. The number of nitrogens with two attached hydrogens (primary N) is 1. The first kappa shape index (κ1) is 12.3. The number of nitrogens with zero attached hydrogens (tertiary/aromatic N) is 3. The molecule has 1 fully saturated rings. The molecule has 0 aromatic carbocycles. The summed E-state index contributed by atoms with van der Waals surface area (Å²) in [6.45, 7) is 1.54. The fourth-order valence-electron chi connectivity index (χ4n) is 1.71.